The van der Waals surface area contributed by atoms with Gasteiger partial charge in [0.2, 0.25) is 0 Å². The number of carbonyl (C=O) groups is 1. The third-order valence-electron chi connectivity index (χ3n) is 2.87. The van der Waals surface area contributed by atoms with Crippen LogP contribution in [0.2, 0.25) is 0 Å². The van der Waals surface area contributed by atoms with Crippen molar-refractivity contribution in [1.82, 2.24) is 5.32 Å². The van der Waals surface area contributed by atoms with Crippen LogP contribution in [0.4, 0.5) is 5.69 Å². The summed E-state index contributed by atoms with van der Waals surface area (Å²) in [7, 11) is 2.99. The number of anilines is 1. The lowest BCUT2D eigenvalue weighted by atomic mass is 10.1. The third kappa shape index (κ3) is 4.03. The molecule has 0 saturated heterocycles. The number of nitrogens with two attached hydrogens (primary N) is 1. The van der Waals surface area contributed by atoms with Crippen LogP contribution in [-0.2, 0) is 0 Å². The van der Waals surface area contributed by atoms with Crippen LogP contribution in [0, 0.1) is 0 Å². The Balaban J connectivity index is 2.93. The van der Waals surface area contributed by atoms with E-state index >= 15 is 0 Å². The summed E-state index contributed by atoms with van der Waals surface area (Å²) in [5.74, 6) is 0.602. The number of aliphatic hydroxyl groups is 1. The van der Waals surface area contributed by atoms with E-state index in [0.29, 0.717) is 29.2 Å². The minimum atomic E-state index is -0.479. The molecule has 1 aromatic carbocycles. The summed E-state index contributed by atoms with van der Waals surface area (Å²) >= 11 is 0. The van der Waals surface area contributed by atoms with Crippen molar-refractivity contribution < 1.29 is 19.4 Å². The largest absolute Gasteiger partial charge is 0.493 e. The van der Waals surface area contributed by atoms with Gasteiger partial charge in [-0.25, -0.2) is 0 Å². The van der Waals surface area contributed by atoms with E-state index in [-0.39, 0.29) is 11.9 Å². The highest BCUT2D eigenvalue weighted by molar-refractivity contribution is 6.00. The molecule has 0 aliphatic rings. The van der Waals surface area contributed by atoms with Crippen molar-refractivity contribution in [2.45, 2.75) is 32.4 Å². The first kappa shape index (κ1) is 16.1. The molecule has 2 atom stereocenters. The molecule has 0 saturated carbocycles. The first-order valence-corrected chi connectivity index (χ1v) is 6.39. The van der Waals surface area contributed by atoms with Crippen LogP contribution < -0.4 is 20.5 Å². The average Bonchev–Trinajstić information content (AvgIpc) is 2.36. The minimum Gasteiger partial charge on any atom is -0.493 e. The zero-order chi connectivity index (χ0) is 15.3. The van der Waals surface area contributed by atoms with Crippen LogP contribution in [0.25, 0.3) is 0 Å². The van der Waals surface area contributed by atoms with Gasteiger partial charge in [-0.05, 0) is 26.3 Å². The fourth-order valence-corrected chi connectivity index (χ4v) is 1.96. The number of hydrogen-bond acceptors (Lipinski definition) is 5. The van der Waals surface area contributed by atoms with Gasteiger partial charge < -0.3 is 25.6 Å². The minimum absolute atomic E-state index is 0.157. The lowest BCUT2D eigenvalue weighted by Gasteiger charge is -2.17. The zero-order valence-electron chi connectivity index (χ0n) is 12.3. The number of methoxy groups -OCH3 is 2. The van der Waals surface area contributed by atoms with E-state index in [9.17, 15) is 9.90 Å². The highest BCUT2D eigenvalue weighted by Crippen LogP contribution is 2.31. The Labute approximate surface area is 118 Å². The fourth-order valence-electron chi connectivity index (χ4n) is 1.96. The number of nitrogen functional groups attached to an aromatic ring is 1. The van der Waals surface area contributed by atoms with Gasteiger partial charge in [-0.1, -0.05) is 0 Å². The quantitative estimate of drug-likeness (QED) is 0.681. The highest BCUT2D eigenvalue weighted by Gasteiger charge is 2.17. The Bertz CT molecular complexity index is 474. The maximum absolute atomic E-state index is 12.2. The summed E-state index contributed by atoms with van der Waals surface area (Å²) in [6.07, 6.45) is -0.00749. The SMILES string of the molecule is COc1cc(N)c(C(=O)NC(C)CC(C)O)cc1OC. The van der Waals surface area contributed by atoms with Crippen molar-refractivity contribution >= 4 is 11.6 Å². The van der Waals surface area contributed by atoms with Crippen molar-refractivity contribution in [3.8, 4) is 11.5 Å². The van der Waals surface area contributed by atoms with Gasteiger partial charge in [0.15, 0.2) is 11.5 Å². The average molecular weight is 282 g/mol. The molecular weight excluding hydrogens is 260 g/mol. The number of hydrogen-bond donors (Lipinski definition) is 3. The lowest BCUT2D eigenvalue weighted by molar-refractivity contribution is 0.0923. The van der Waals surface area contributed by atoms with Crippen molar-refractivity contribution in [2.75, 3.05) is 20.0 Å². The summed E-state index contributed by atoms with van der Waals surface area (Å²) in [6.45, 7) is 3.50. The van der Waals surface area contributed by atoms with E-state index in [0.717, 1.165) is 0 Å². The van der Waals surface area contributed by atoms with Crippen LogP contribution >= 0.6 is 0 Å². The number of amides is 1. The van der Waals surface area contributed by atoms with Gasteiger partial charge in [0.25, 0.3) is 5.91 Å². The molecule has 0 radical (unpaired) electrons. The van der Waals surface area contributed by atoms with Crippen LogP contribution in [-0.4, -0.2) is 37.4 Å². The second-order valence-electron chi connectivity index (χ2n) is 4.75. The van der Waals surface area contributed by atoms with E-state index in [1.165, 1.54) is 14.2 Å². The highest BCUT2D eigenvalue weighted by atomic mass is 16.5. The molecule has 0 aliphatic heterocycles. The summed E-state index contributed by atoms with van der Waals surface area (Å²) in [6, 6.07) is 2.93. The smallest absolute Gasteiger partial charge is 0.253 e. The predicted octanol–water partition coefficient (Wildman–Crippen LogP) is 1.18. The van der Waals surface area contributed by atoms with Gasteiger partial charge in [-0.15, -0.1) is 0 Å². The molecule has 0 bridgehead atoms. The number of carbonyl (C=O) groups excluding carboxylic acids is 1. The Hall–Kier alpha value is -1.95. The Morgan fingerprint density at radius 3 is 2.35 bits per heavy atom. The molecule has 1 rings (SSSR count). The Morgan fingerprint density at radius 1 is 1.30 bits per heavy atom. The van der Waals surface area contributed by atoms with Gasteiger partial charge >= 0.3 is 0 Å². The van der Waals surface area contributed by atoms with Crippen molar-refractivity contribution in [3.63, 3.8) is 0 Å². The van der Waals surface area contributed by atoms with E-state index in [2.05, 4.69) is 5.32 Å². The number of rotatable bonds is 6. The maximum atomic E-state index is 12.2. The van der Waals surface area contributed by atoms with Crippen molar-refractivity contribution in [2.24, 2.45) is 0 Å². The molecule has 6 heteroatoms. The van der Waals surface area contributed by atoms with E-state index in [4.69, 9.17) is 15.2 Å². The van der Waals surface area contributed by atoms with Gasteiger partial charge in [-0.2, -0.15) is 0 Å². The summed E-state index contributed by atoms with van der Waals surface area (Å²) in [5.41, 5.74) is 6.48. The monoisotopic (exact) mass is 282 g/mol. The topological polar surface area (TPSA) is 93.8 Å². The number of ether oxygens (including phenoxy) is 2. The van der Waals surface area contributed by atoms with Crippen LogP contribution in [0.5, 0.6) is 11.5 Å². The molecule has 2 unspecified atom stereocenters. The molecule has 1 aromatic rings. The molecule has 6 nitrogen and oxygen atoms in total. The second kappa shape index (κ2) is 7.00. The van der Waals surface area contributed by atoms with Crippen LogP contribution in [0.15, 0.2) is 12.1 Å². The first-order chi connectivity index (χ1) is 9.38. The van der Waals surface area contributed by atoms with Gasteiger partial charge in [0.1, 0.15) is 0 Å². The molecular formula is C14H22N2O4. The van der Waals surface area contributed by atoms with Gasteiger partial charge in [0, 0.05) is 17.8 Å². The standard InChI is InChI=1S/C14H22N2O4/c1-8(5-9(2)17)16-14(18)10-6-12(19-3)13(20-4)7-11(10)15/h6-9,17H,5,15H2,1-4H3,(H,16,18). The number of aliphatic hydroxyl groups excluding tert-OH is 1. The summed E-state index contributed by atoms with van der Waals surface area (Å²) < 4.78 is 10.3. The molecule has 0 aliphatic carbocycles. The van der Waals surface area contributed by atoms with E-state index < -0.39 is 6.10 Å². The number of benzene rings is 1. The van der Waals surface area contributed by atoms with Gasteiger partial charge in [0.05, 0.1) is 25.9 Å². The second-order valence-corrected chi connectivity index (χ2v) is 4.75. The first-order valence-electron chi connectivity index (χ1n) is 6.39. The summed E-state index contributed by atoms with van der Waals surface area (Å²) in [4.78, 5) is 12.2. The normalized spacial score (nSPS) is 13.4. The Kier molecular flexibility index (Phi) is 5.64. The van der Waals surface area contributed by atoms with E-state index in [1.807, 2.05) is 6.92 Å². The van der Waals surface area contributed by atoms with E-state index in [1.54, 1.807) is 19.1 Å². The van der Waals surface area contributed by atoms with Crippen LogP contribution in [0.3, 0.4) is 0 Å². The zero-order valence-corrected chi connectivity index (χ0v) is 12.3. The molecule has 4 N–H and O–H groups in total. The lowest BCUT2D eigenvalue weighted by Crippen LogP contribution is -2.35. The molecule has 1 amide bonds. The third-order valence-corrected chi connectivity index (χ3v) is 2.87. The van der Waals surface area contributed by atoms with Crippen molar-refractivity contribution in [1.29, 1.82) is 0 Å². The Morgan fingerprint density at radius 2 is 1.85 bits per heavy atom. The summed E-state index contributed by atoms with van der Waals surface area (Å²) in [5, 5.41) is 12.1. The van der Waals surface area contributed by atoms with Crippen molar-refractivity contribution in [3.05, 3.63) is 17.7 Å². The molecule has 112 valence electrons. The van der Waals surface area contributed by atoms with Crippen LogP contribution in [0.1, 0.15) is 30.6 Å². The maximum Gasteiger partial charge on any atom is 0.253 e. The molecule has 0 heterocycles. The van der Waals surface area contributed by atoms with Gasteiger partial charge in [-0.3, -0.25) is 4.79 Å². The predicted molar refractivity (Wildman–Crippen MR) is 77.2 cm³/mol. The molecule has 20 heavy (non-hydrogen) atoms. The molecule has 0 fully saturated rings. The molecule has 0 aromatic heterocycles. The fraction of sp³-hybridized carbons (Fsp3) is 0.500. The molecule has 0 spiro atoms. The number of nitrogens with one attached hydrogen (secondary N) is 1.